The van der Waals surface area contributed by atoms with Crippen LogP contribution in [-0.2, 0) is 6.42 Å². The van der Waals surface area contributed by atoms with Crippen LogP contribution in [0.15, 0.2) is 29.3 Å². The number of rotatable bonds is 8. The highest BCUT2D eigenvalue weighted by Gasteiger charge is 2.28. The molecule has 146 valence electrons. The number of halogens is 3. The Hall–Kier alpha value is -1.96. The van der Waals surface area contributed by atoms with Crippen molar-refractivity contribution in [1.29, 1.82) is 0 Å². The second-order valence-corrected chi connectivity index (χ2v) is 6.40. The number of fused-ring (bicyclic) bond motifs is 1. The SMILES string of the molecule is CCNC(=NCC1Cc2ccccc2O1)NCCCN(C)CC(F)(F)F. The number of ether oxygens (including phenoxy) is 1. The molecular weight excluding hydrogens is 345 g/mol. The molecular formula is C18H27F3N4O. The molecule has 0 bridgehead atoms. The second kappa shape index (κ2) is 9.66. The van der Waals surface area contributed by atoms with Crippen molar-refractivity contribution in [2.75, 3.05) is 39.8 Å². The van der Waals surface area contributed by atoms with Gasteiger partial charge in [0.2, 0.25) is 0 Å². The van der Waals surface area contributed by atoms with E-state index in [4.69, 9.17) is 4.74 Å². The van der Waals surface area contributed by atoms with Crippen LogP contribution in [0.5, 0.6) is 5.75 Å². The van der Waals surface area contributed by atoms with Crippen LogP contribution in [0.1, 0.15) is 18.9 Å². The Morgan fingerprint density at radius 3 is 2.77 bits per heavy atom. The largest absolute Gasteiger partial charge is 0.488 e. The number of aliphatic imine (C=N–C) groups is 1. The third-order valence-corrected chi connectivity index (χ3v) is 3.97. The molecule has 0 saturated carbocycles. The molecule has 0 saturated heterocycles. The fourth-order valence-corrected chi connectivity index (χ4v) is 2.83. The van der Waals surface area contributed by atoms with E-state index in [1.165, 1.54) is 17.5 Å². The molecule has 1 aromatic carbocycles. The quantitative estimate of drug-likeness (QED) is 0.418. The first-order valence-electron chi connectivity index (χ1n) is 8.89. The predicted octanol–water partition coefficient (Wildman–Crippen LogP) is 2.43. The fourth-order valence-electron chi connectivity index (χ4n) is 2.83. The highest BCUT2D eigenvalue weighted by molar-refractivity contribution is 5.79. The van der Waals surface area contributed by atoms with Crippen LogP contribution in [0.3, 0.4) is 0 Å². The van der Waals surface area contributed by atoms with E-state index in [1.54, 1.807) is 0 Å². The average Bonchev–Trinajstić information content (AvgIpc) is 2.97. The normalized spacial score (nSPS) is 17.2. The van der Waals surface area contributed by atoms with Gasteiger partial charge in [-0.2, -0.15) is 13.2 Å². The third-order valence-electron chi connectivity index (χ3n) is 3.97. The first kappa shape index (κ1) is 20.4. The summed E-state index contributed by atoms with van der Waals surface area (Å²) in [4.78, 5) is 5.80. The van der Waals surface area contributed by atoms with Gasteiger partial charge in [0.15, 0.2) is 5.96 Å². The van der Waals surface area contributed by atoms with Gasteiger partial charge in [0.25, 0.3) is 0 Å². The first-order chi connectivity index (χ1) is 12.4. The minimum Gasteiger partial charge on any atom is -0.488 e. The van der Waals surface area contributed by atoms with Crippen molar-refractivity contribution in [1.82, 2.24) is 15.5 Å². The Labute approximate surface area is 152 Å². The van der Waals surface area contributed by atoms with Crippen LogP contribution in [0.2, 0.25) is 0 Å². The van der Waals surface area contributed by atoms with E-state index in [2.05, 4.69) is 21.7 Å². The van der Waals surface area contributed by atoms with Crippen LogP contribution < -0.4 is 15.4 Å². The van der Waals surface area contributed by atoms with Crippen LogP contribution in [0.25, 0.3) is 0 Å². The molecule has 2 N–H and O–H groups in total. The van der Waals surface area contributed by atoms with Crippen molar-refractivity contribution >= 4 is 5.96 Å². The maximum absolute atomic E-state index is 12.3. The molecule has 1 aromatic rings. The third kappa shape index (κ3) is 7.11. The zero-order valence-corrected chi connectivity index (χ0v) is 15.3. The van der Waals surface area contributed by atoms with Crippen molar-refractivity contribution in [3.05, 3.63) is 29.8 Å². The smallest absolute Gasteiger partial charge is 0.401 e. The summed E-state index contributed by atoms with van der Waals surface area (Å²) in [6.07, 6.45) is -2.71. The zero-order chi connectivity index (χ0) is 19.0. The molecule has 0 aliphatic carbocycles. The van der Waals surface area contributed by atoms with Crippen LogP contribution in [0.4, 0.5) is 13.2 Å². The fraction of sp³-hybridized carbons (Fsp3) is 0.611. The van der Waals surface area contributed by atoms with Gasteiger partial charge in [0.05, 0.1) is 13.1 Å². The molecule has 0 aromatic heterocycles. The zero-order valence-electron chi connectivity index (χ0n) is 15.3. The summed E-state index contributed by atoms with van der Waals surface area (Å²) in [5.41, 5.74) is 1.19. The molecule has 0 fully saturated rings. The lowest BCUT2D eigenvalue weighted by Gasteiger charge is -2.19. The predicted molar refractivity (Wildman–Crippen MR) is 96.7 cm³/mol. The van der Waals surface area contributed by atoms with Gasteiger partial charge in [-0.1, -0.05) is 18.2 Å². The molecule has 1 aliphatic rings. The van der Waals surface area contributed by atoms with Crippen LogP contribution in [0, 0.1) is 0 Å². The Kier molecular flexibility index (Phi) is 7.56. The first-order valence-corrected chi connectivity index (χ1v) is 8.89. The maximum Gasteiger partial charge on any atom is 0.401 e. The molecule has 1 aliphatic heterocycles. The molecule has 1 unspecified atom stereocenters. The molecule has 2 rings (SSSR count). The van der Waals surface area contributed by atoms with Crippen LogP contribution in [-0.4, -0.2) is 62.9 Å². The molecule has 8 heteroatoms. The molecule has 5 nitrogen and oxygen atoms in total. The van der Waals surface area contributed by atoms with Crippen molar-refractivity contribution in [3.63, 3.8) is 0 Å². The Morgan fingerprint density at radius 2 is 2.08 bits per heavy atom. The average molecular weight is 372 g/mol. The van der Waals surface area contributed by atoms with Gasteiger partial charge in [-0.15, -0.1) is 0 Å². The Morgan fingerprint density at radius 1 is 1.31 bits per heavy atom. The molecule has 0 radical (unpaired) electrons. The number of guanidine groups is 1. The van der Waals surface area contributed by atoms with E-state index in [0.29, 0.717) is 38.6 Å². The van der Waals surface area contributed by atoms with E-state index in [-0.39, 0.29) is 6.10 Å². The summed E-state index contributed by atoms with van der Waals surface area (Å²) >= 11 is 0. The molecule has 26 heavy (non-hydrogen) atoms. The van der Waals surface area contributed by atoms with E-state index in [9.17, 15) is 13.2 Å². The van der Waals surface area contributed by atoms with Crippen molar-refractivity contribution in [2.24, 2.45) is 4.99 Å². The molecule has 0 spiro atoms. The topological polar surface area (TPSA) is 48.9 Å². The highest BCUT2D eigenvalue weighted by Crippen LogP contribution is 2.28. The van der Waals surface area contributed by atoms with E-state index >= 15 is 0 Å². The van der Waals surface area contributed by atoms with Gasteiger partial charge in [0.1, 0.15) is 11.9 Å². The summed E-state index contributed by atoms with van der Waals surface area (Å²) in [6, 6.07) is 7.96. The van der Waals surface area contributed by atoms with E-state index < -0.39 is 12.7 Å². The summed E-state index contributed by atoms with van der Waals surface area (Å²) < 4.78 is 42.7. The number of nitrogens with one attached hydrogen (secondary N) is 2. The minimum atomic E-state index is -4.16. The lowest BCUT2D eigenvalue weighted by Crippen LogP contribution is -2.40. The summed E-state index contributed by atoms with van der Waals surface area (Å²) in [7, 11) is 1.47. The summed E-state index contributed by atoms with van der Waals surface area (Å²) in [6.45, 7) is 3.24. The monoisotopic (exact) mass is 372 g/mol. The number of para-hydroxylation sites is 1. The van der Waals surface area contributed by atoms with E-state index in [1.807, 2.05) is 25.1 Å². The number of hydrogen-bond acceptors (Lipinski definition) is 3. The van der Waals surface area contributed by atoms with Crippen molar-refractivity contribution in [2.45, 2.75) is 32.0 Å². The maximum atomic E-state index is 12.3. The van der Waals surface area contributed by atoms with Gasteiger partial charge in [-0.3, -0.25) is 4.90 Å². The van der Waals surface area contributed by atoms with Crippen molar-refractivity contribution in [3.8, 4) is 5.75 Å². The lowest BCUT2D eigenvalue weighted by molar-refractivity contribution is -0.143. The highest BCUT2D eigenvalue weighted by atomic mass is 19.4. The number of nitrogens with zero attached hydrogens (tertiary/aromatic N) is 2. The van der Waals surface area contributed by atoms with Gasteiger partial charge in [0, 0.05) is 19.5 Å². The Balaban J connectivity index is 1.72. The lowest BCUT2D eigenvalue weighted by atomic mass is 10.1. The van der Waals surface area contributed by atoms with E-state index in [0.717, 1.165) is 12.2 Å². The molecule has 0 amide bonds. The summed E-state index contributed by atoms with van der Waals surface area (Å²) in [5, 5.41) is 6.30. The van der Waals surface area contributed by atoms with Gasteiger partial charge >= 0.3 is 6.18 Å². The standard InChI is InChI=1S/C18H27F3N4O/c1-3-22-17(23-9-6-10-25(2)13-18(19,20)21)24-12-15-11-14-7-4-5-8-16(14)26-15/h4-5,7-8,15H,3,6,9-13H2,1-2H3,(H2,22,23,24). The molecule has 1 heterocycles. The van der Waals surface area contributed by atoms with Gasteiger partial charge in [-0.05, 0) is 38.6 Å². The number of hydrogen-bond donors (Lipinski definition) is 2. The minimum absolute atomic E-state index is 0.0146. The van der Waals surface area contributed by atoms with Crippen LogP contribution >= 0.6 is 0 Å². The van der Waals surface area contributed by atoms with Gasteiger partial charge in [-0.25, -0.2) is 4.99 Å². The number of alkyl halides is 3. The second-order valence-electron chi connectivity index (χ2n) is 6.40. The van der Waals surface area contributed by atoms with Gasteiger partial charge < -0.3 is 15.4 Å². The summed E-state index contributed by atoms with van der Waals surface area (Å²) in [5.74, 6) is 1.57. The van der Waals surface area contributed by atoms with Crippen molar-refractivity contribution < 1.29 is 17.9 Å². The Bertz CT molecular complexity index is 567. The number of benzene rings is 1. The molecule has 1 atom stereocenters.